The van der Waals surface area contributed by atoms with Crippen LogP contribution in [0, 0.1) is 0 Å². The highest BCUT2D eigenvalue weighted by molar-refractivity contribution is 6.06. The zero-order valence-corrected chi connectivity index (χ0v) is 16.5. The molecule has 0 radical (unpaired) electrons. The zero-order valence-electron chi connectivity index (χ0n) is 16.5. The minimum Gasteiger partial charge on any atom is -0.493 e. The first kappa shape index (κ1) is 21.0. The maximum absolute atomic E-state index is 12.1. The second-order valence-electron chi connectivity index (χ2n) is 5.78. The smallest absolute Gasteiger partial charge is 0.313 e. The first-order valence-corrected chi connectivity index (χ1v) is 8.80. The third-order valence-corrected chi connectivity index (χ3v) is 4.03. The quantitative estimate of drug-likeness (QED) is 0.281. The average Bonchev–Trinajstić information content (AvgIpc) is 2.71. The summed E-state index contributed by atoms with van der Waals surface area (Å²) in [4.78, 5) is 23.5. The summed E-state index contributed by atoms with van der Waals surface area (Å²) in [5.41, 5.74) is 2.18. The van der Waals surface area contributed by atoms with Crippen LogP contribution >= 0.6 is 0 Å². The van der Waals surface area contributed by atoms with E-state index in [1.165, 1.54) is 0 Å². The summed E-state index contributed by atoms with van der Waals surface area (Å²) in [6.07, 6.45) is 3.52. The van der Waals surface area contributed by atoms with E-state index in [4.69, 9.17) is 18.9 Å². The van der Waals surface area contributed by atoms with Crippen LogP contribution in [0.1, 0.15) is 34.8 Å². The van der Waals surface area contributed by atoms with Crippen LogP contribution in [-0.2, 0) is 9.53 Å². The number of hydrogen-bond donors (Lipinski definition) is 0. The van der Waals surface area contributed by atoms with Crippen molar-refractivity contribution in [3.63, 3.8) is 0 Å². The Labute approximate surface area is 164 Å². The summed E-state index contributed by atoms with van der Waals surface area (Å²) >= 11 is 0. The van der Waals surface area contributed by atoms with Crippen LogP contribution in [0.5, 0.6) is 17.2 Å². The van der Waals surface area contributed by atoms with E-state index in [1.54, 1.807) is 46.5 Å². The van der Waals surface area contributed by atoms with E-state index in [0.29, 0.717) is 22.8 Å². The van der Waals surface area contributed by atoms with Gasteiger partial charge in [0.25, 0.3) is 0 Å². The van der Waals surface area contributed by atoms with Gasteiger partial charge >= 0.3 is 5.97 Å². The molecule has 2 rings (SSSR count). The normalized spacial score (nSPS) is 10.6. The highest BCUT2D eigenvalue weighted by atomic mass is 16.5. The Kier molecular flexibility index (Phi) is 7.63. The Balaban J connectivity index is 2.17. The lowest BCUT2D eigenvalue weighted by Crippen LogP contribution is -2.11. The van der Waals surface area contributed by atoms with Gasteiger partial charge < -0.3 is 18.9 Å². The van der Waals surface area contributed by atoms with Gasteiger partial charge in [0.05, 0.1) is 27.9 Å². The minimum atomic E-state index is -0.517. The van der Waals surface area contributed by atoms with E-state index in [9.17, 15) is 9.59 Å². The highest BCUT2D eigenvalue weighted by Gasteiger charge is 2.14. The van der Waals surface area contributed by atoms with Gasteiger partial charge in [0.15, 0.2) is 17.3 Å². The molecule has 0 saturated heterocycles. The largest absolute Gasteiger partial charge is 0.493 e. The number of carbonyl (C=O) groups is 2. The molecule has 0 aromatic heterocycles. The number of methoxy groups -OCH3 is 3. The van der Waals surface area contributed by atoms with Crippen LogP contribution < -0.4 is 14.2 Å². The predicted octanol–water partition coefficient (Wildman–Crippen LogP) is 4.02. The van der Waals surface area contributed by atoms with Crippen molar-refractivity contribution in [2.45, 2.75) is 13.3 Å². The third-order valence-electron chi connectivity index (χ3n) is 4.03. The monoisotopic (exact) mass is 384 g/mol. The molecule has 0 N–H and O–H groups in total. The molecule has 0 atom stereocenters. The molecule has 0 amide bonds. The molecule has 0 aliphatic heterocycles. The average molecular weight is 384 g/mol. The molecule has 0 aliphatic rings. The Morgan fingerprint density at radius 3 is 2.11 bits per heavy atom. The fourth-order valence-electron chi connectivity index (χ4n) is 2.67. The maximum atomic E-state index is 12.1. The predicted molar refractivity (Wildman–Crippen MR) is 107 cm³/mol. The first-order valence-electron chi connectivity index (χ1n) is 8.80. The van der Waals surface area contributed by atoms with Crippen molar-refractivity contribution in [1.29, 1.82) is 0 Å². The number of rotatable bonds is 9. The lowest BCUT2D eigenvalue weighted by atomic mass is 10.0. The molecule has 0 bridgehead atoms. The fraction of sp³-hybridized carbons (Fsp3) is 0.273. The van der Waals surface area contributed by atoms with Crippen molar-refractivity contribution in [2.75, 3.05) is 27.9 Å². The van der Waals surface area contributed by atoms with E-state index >= 15 is 0 Å². The number of ether oxygens (including phenoxy) is 4. The summed E-state index contributed by atoms with van der Waals surface area (Å²) in [5, 5.41) is 0. The third kappa shape index (κ3) is 5.13. The van der Waals surface area contributed by atoms with Crippen molar-refractivity contribution in [2.24, 2.45) is 0 Å². The Bertz CT molecular complexity index is 852. The van der Waals surface area contributed by atoms with Crippen molar-refractivity contribution >= 4 is 23.9 Å². The van der Waals surface area contributed by atoms with Crippen LogP contribution in [0.2, 0.25) is 0 Å². The molecule has 28 heavy (non-hydrogen) atoms. The summed E-state index contributed by atoms with van der Waals surface area (Å²) < 4.78 is 20.9. The van der Waals surface area contributed by atoms with Gasteiger partial charge in [-0.1, -0.05) is 36.4 Å². The molecule has 0 heterocycles. The van der Waals surface area contributed by atoms with Gasteiger partial charge in [-0.05, 0) is 24.6 Å². The molecule has 0 saturated carbocycles. The van der Waals surface area contributed by atoms with E-state index in [0.717, 1.165) is 11.1 Å². The molecular formula is C22H24O6. The zero-order chi connectivity index (χ0) is 20.5. The van der Waals surface area contributed by atoms with Crippen LogP contribution in [-0.4, -0.2) is 39.7 Å². The summed E-state index contributed by atoms with van der Waals surface area (Å²) in [5.74, 6) is 0.889. The standard InChI is InChI=1S/C22H24O6/c1-5-28-20(24)14-18(23)16-9-6-15(7-10-16)8-11-17-12-13-19(25-2)22(27-4)21(17)26-3/h6-13H,5,14H2,1-4H3. The van der Waals surface area contributed by atoms with Crippen LogP contribution in [0.25, 0.3) is 12.2 Å². The van der Waals surface area contributed by atoms with Gasteiger partial charge in [-0.3, -0.25) is 9.59 Å². The Morgan fingerprint density at radius 2 is 1.54 bits per heavy atom. The van der Waals surface area contributed by atoms with Gasteiger partial charge in [0.1, 0.15) is 6.42 Å². The maximum Gasteiger partial charge on any atom is 0.313 e. The molecular weight excluding hydrogens is 360 g/mol. The fourth-order valence-corrected chi connectivity index (χ4v) is 2.67. The molecule has 0 aliphatic carbocycles. The van der Waals surface area contributed by atoms with Crippen molar-refractivity contribution in [3.05, 3.63) is 53.1 Å². The van der Waals surface area contributed by atoms with E-state index in [-0.39, 0.29) is 18.8 Å². The van der Waals surface area contributed by atoms with Crippen LogP contribution in [0.15, 0.2) is 36.4 Å². The van der Waals surface area contributed by atoms with Gasteiger partial charge in [-0.15, -0.1) is 0 Å². The van der Waals surface area contributed by atoms with E-state index in [2.05, 4.69) is 0 Å². The van der Waals surface area contributed by atoms with Crippen LogP contribution in [0.4, 0.5) is 0 Å². The number of hydrogen-bond acceptors (Lipinski definition) is 6. The molecule has 6 nitrogen and oxygen atoms in total. The Hall–Kier alpha value is -3.28. The number of benzene rings is 2. The van der Waals surface area contributed by atoms with Crippen LogP contribution in [0.3, 0.4) is 0 Å². The Morgan fingerprint density at radius 1 is 0.857 bits per heavy atom. The number of ketones is 1. The van der Waals surface area contributed by atoms with E-state index < -0.39 is 5.97 Å². The second kappa shape index (κ2) is 10.2. The summed E-state index contributed by atoms with van der Waals surface area (Å²) in [6, 6.07) is 10.7. The number of carbonyl (C=O) groups excluding carboxylic acids is 2. The van der Waals surface area contributed by atoms with Gasteiger partial charge in [-0.2, -0.15) is 0 Å². The number of Topliss-reactive ketones (excluding diaryl/α,β-unsaturated/α-hetero) is 1. The van der Waals surface area contributed by atoms with Gasteiger partial charge in [0, 0.05) is 11.1 Å². The SMILES string of the molecule is CCOC(=O)CC(=O)c1ccc(C=Cc2ccc(OC)c(OC)c2OC)cc1. The van der Waals surface area contributed by atoms with Crippen molar-refractivity contribution in [1.82, 2.24) is 0 Å². The second-order valence-corrected chi connectivity index (χ2v) is 5.78. The molecule has 0 fully saturated rings. The van der Waals surface area contributed by atoms with Crippen molar-refractivity contribution < 1.29 is 28.5 Å². The van der Waals surface area contributed by atoms with Gasteiger partial charge in [-0.25, -0.2) is 0 Å². The molecule has 6 heteroatoms. The molecule has 2 aromatic rings. The van der Waals surface area contributed by atoms with E-state index in [1.807, 2.05) is 30.4 Å². The molecule has 0 unspecified atom stereocenters. The highest BCUT2D eigenvalue weighted by Crippen LogP contribution is 2.40. The lowest BCUT2D eigenvalue weighted by molar-refractivity contribution is -0.141. The number of esters is 1. The van der Waals surface area contributed by atoms with Gasteiger partial charge in [0.2, 0.25) is 5.75 Å². The molecule has 2 aromatic carbocycles. The molecule has 0 spiro atoms. The van der Waals surface area contributed by atoms with Crippen molar-refractivity contribution in [3.8, 4) is 17.2 Å². The first-order chi connectivity index (χ1) is 13.5. The molecule has 148 valence electrons. The topological polar surface area (TPSA) is 71.1 Å². The summed E-state index contributed by atoms with van der Waals surface area (Å²) in [7, 11) is 4.69. The lowest BCUT2D eigenvalue weighted by Gasteiger charge is -2.14. The summed E-state index contributed by atoms with van der Waals surface area (Å²) in [6.45, 7) is 1.96. The minimum absolute atomic E-state index is 0.258.